The molecule has 2 amide bonds. The van der Waals surface area contributed by atoms with E-state index in [0.717, 1.165) is 16.7 Å². The van der Waals surface area contributed by atoms with Crippen molar-refractivity contribution < 1.29 is 19.1 Å². The van der Waals surface area contributed by atoms with Crippen LogP contribution in [0, 0.1) is 0 Å². The lowest BCUT2D eigenvalue weighted by molar-refractivity contribution is -0.118. The van der Waals surface area contributed by atoms with E-state index >= 15 is 0 Å². The minimum atomic E-state index is -0.614. The summed E-state index contributed by atoms with van der Waals surface area (Å²) in [5.74, 6) is 0.0940. The molecule has 1 heterocycles. The number of primary amides is 1. The van der Waals surface area contributed by atoms with Crippen LogP contribution >= 0.6 is 0 Å². The summed E-state index contributed by atoms with van der Waals surface area (Å²) in [7, 11) is 0. The average molecular weight is 472 g/mol. The molecule has 180 valence electrons. The maximum absolute atomic E-state index is 13.3. The lowest BCUT2D eigenvalue weighted by Gasteiger charge is -2.16. The normalized spacial score (nSPS) is 14.9. The molecule has 1 atom stereocenters. The Bertz CT molecular complexity index is 1240. The van der Waals surface area contributed by atoms with E-state index in [1.165, 1.54) is 0 Å². The highest BCUT2D eigenvalue weighted by atomic mass is 16.5. The number of nitrogens with one attached hydrogen (secondary N) is 1. The number of aryl methyl sites for hydroxylation is 1. The van der Waals surface area contributed by atoms with Crippen LogP contribution in [0.2, 0.25) is 0 Å². The Hall–Kier alpha value is -4.13. The molecule has 3 aromatic carbocycles. The molecule has 0 radical (unpaired) electrons. The molecule has 0 bridgehead atoms. The van der Waals surface area contributed by atoms with Gasteiger partial charge in [0.2, 0.25) is 11.8 Å². The number of ether oxygens (including phenoxy) is 2. The van der Waals surface area contributed by atoms with Gasteiger partial charge in [0, 0.05) is 18.2 Å². The Morgan fingerprint density at radius 3 is 2.26 bits per heavy atom. The second-order valence-electron chi connectivity index (χ2n) is 8.17. The van der Waals surface area contributed by atoms with Gasteiger partial charge in [0.25, 0.3) is 0 Å². The number of carbonyl (C=O) groups is 2. The van der Waals surface area contributed by atoms with Gasteiger partial charge in [-0.05, 0) is 55.2 Å². The van der Waals surface area contributed by atoms with Gasteiger partial charge in [-0.15, -0.1) is 0 Å². The molecule has 0 fully saturated rings. The summed E-state index contributed by atoms with van der Waals surface area (Å²) in [6.45, 7) is 4.78. The van der Waals surface area contributed by atoms with E-state index in [9.17, 15) is 9.59 Å². The Kier molecular flexibility index (Phi) is 7.45. The van der Waals surface area contributed by atoms with Gasteiger partial charge in [0.05, 0.1) is 24.6 Å². The van der Waals surface area contributed by atoms with E-state index in [1.54, 1.807) is 0 Å². The van der Waals surface area contributed by atoms with Crippen LogP contribution in [-0.2, 0) is 16.0 Å². The topological polar surface area (TPSA) is 103 Å². The molecule has 1 aliphatic heterocycles. The lowest BCUT2D eigenvalue weighted by atomic mass is 9.90. The van der Waals surface area contributed by atoms with E-state index in [4.69, 9.17) is 20.2 Å². The Balaban J connectivity index is 1.77. The molecule has 3 aromatic rings. The van der Waals surface area contributed by atoms with Crippen molar-refractivity contribution in [2.24, 2.45) is 10.7 Å². The monoisotopic (exact) mass is 471 g/mol. The molecule has 0 aromatic heterocycles. The van der Waals surface area contributed by atoms with Crippen molar-refractivity contribution in [1.82, 2.24) is 0 Å². The second-order valence-corrected chi connectivity index (χ2v) is 8.17. The summed E-state index contributed by atoms with van der Waals surface area (Å²) >= 11 is 0. The maximum atomic E-state index is 13.3. The number of amides is 2. The number of hydrogen-bond acceptors (Lipinski definition) is 5. The van der Waals surface area contributed by atoms with Crippen molar-refractivity contribution in [1.29, 1.82) is 0 Å². The Morgan fingerprint density at radius 2 is 1.63 bits per heavy atom. The molecule has 0 aliphatic carbocycles. The van der Waals surface area contributed by atoms with Gasteiger partial charge in [0.15, 0.2) is 11.5 Å². The highest BCUT2D eigenvalue weighted by Crippen LogP contribution is 2.43. The Morgan fingerprint density at radius 1 is 0.971 bits per heavy atom. The molecule has 0 saturated carbocycles. The van der Waals surface area contributed by atoms with Crippen LogP contribution in [0.4, 0.5) is 11.4 Å². The molecular formula is C28H29N3O4. The first-order chi connectivity index (χ1) is 17.0. The zero-order chi connectivity index (χ0) is 24.8. The minimum Gasteiger partial charge on any atom is -0.490 e. The van der Waals surface area contributed by atoms with E-state index in [-0.39, 0.29) is 11.8 Å². The summed E-state index contributed by atoms with van der Waals surface area (Å²) in [4.78, 5) is 29.3. The van der Waals surface area contributed by atoms with Crippen LogP contribution in [0.3, 0.4) is 0 Å². The summed E-state index contributed by atoms with van der Waals surface area (Å²) in [5.41, 5.74) is 9.95. The van der Waals surface area contributed by atoms with Crippen molar-refractivity contribution in [2.45, 2.75) is 32.6 Å². The molecular weight excluding hydrogens is 442 g/mol. The van der Waals surface area contributed by atoms with Gasteiger partial charge in [-0.2, -0.15) is 0 Å². The van der Waals surface area contributed by atoms with Gasteiger partial charge < -0.3 is 20.5 Å². The van der Waals surface area contributed by atoms with Crippen molar-refractivity contribution >= 4 is 28.9 Å². The molecule has 7 nitrogen and oxygen atoms in total. The quantitative estimate of drug-likeness (QED) is 0.416. The van der Waals surface area contributed by atoms with Crippen LogP contribution in [0.5, 0.6) is 11.5 Å². The van der Waals surface area contributed by atoms with Crippen molar-refractivity contribution in [3.8, 4) is 11.5 Å². The van der Waals surface area contributed by atoms with Gasteiger partial charge >= 0.3 is 0 Å². The third-order valence-electron chi connectivity index (χ3n) is 5.74. The predicted molar refractivity (Wildman–Crippen MR) is 137 cm³/mol. The van der Waals surface area contributed by atoms with Gasteiger partial charge in [-0.3, -0.25) is 14.6 Å². The molecule has 7 heteroatoms. The highest BCUT2D eigenvalue weighted by Gasteiger charge is 2.36. The van der Waals surface area contributed by atoms with Crippen molar-refractivity contribution in [2.75, 3.05) is 18.5 Å². The Labute approximate surface area is 205 Å². The van der Waals surface area contributed by atoms with E-state index < -0.39 is 5.92 Å². The zero-order valence-corrected chi connectivity index (χ0v) is 19.9. The molecule has 0 saturated heterocycles. The first kappa shape index (κ1) is 24.0. The number of benzene rings is 3. The SMILES string of the molecule is CCOc1cc2c(cc1OCC)C(C(=Nc1ccc(CCC(N)=O)cc1)c1ccccc1)C(=O)N2. The number of hydrogen-bond donors (Lipinski definition) is 2. The highest BCUT2D eigenvalue weighted by molar-refractivity contribution is 6.24. The van der Waals surface area contributed by atoms with Crippen LogP contribution in [0.15, 0.2) is 71.7 Å². The maximum Gasteiger partial charge on any atom is 0.238 e. The van der Waals surface area contributed by atoms with Crippen LogP contribution in [-0.4, -0.2) is 30.7 Å². The summed E-state index contributed by atoms with van der Waals surface area (Å²) in [6.07, 6.45) is 0.869. The summed E-state index contributed by atoms with van der Waals surface area (Å²) < 4.78 is 11.6. The third kappa shape index (κ3) is 5.51. The van der Waals surface area contributed by atoms with Gasteiger partial charge in [0.1, 0.15) is 5.92 Å². The first-order valence-corrected chi connectivity index (χ1v) is 11.8. The molecule has 1 unspecified atom stereocenters. The first-order valence-electron chi connectivity index (χ1n) is 11.8. The van der Waals surface area contributed by atoms with Gasteiger partial charge in [-0.25, -0.2) is 0 Å². The summed E-state index contributed by atoms with van der Waals surface area (Å²) in [6, 6.07) is 21.0. The number of anilines is 1. The molecule has 35 heavy (non-hydrogen) atoms. The predicted octanol–water partition coefficient (Wildman–Crippen LogP) is 4.76. The number of rotatable bonds is 10. The fourth-order valence-corrected chi connectivity index (χ4v) is 4.13. The number of nitrogens with two attached hydrogens (primary N) is 1. The smallest absolute Gasteiger partial charge is 0.238 e. The molecule has 3 N–H and O–H groups in total. The summed E-state index contributed by atoms with van der Waals surface area (Å²) in [5, 5.41) is 2.99. The third-order valence-corrected chi connectivity index (χ3v) is 5.74. The van der Waals surface area contributed by atoms with Crippen molar-refractivity contribution in [3.05, 3.63) is 83.4 Å². The largest absolute Gasteiger partial charge is 0.490 e. The fraction of sp³-hybridized carbons (Fsp3) is 0.250. The molecule has 1 aliphatic rings. The van der Waals surface area contributed by atoms with Crippen LogP contribution < -0.4 is 20.5 Å². The molecule has 4 rings (SSSR count). The lowest BCUT2D eigenvalue weighted by Crippen LogP contribution is -2.22. The van der Waals surface area contributed by atoms with Gasteiger partial charge in [-0.1, -0.05) is 42.5 Å². The van der Waals surface area contributed by atoms with E-state index in [0.29, 0.717) is 54.6 Å². The number of fused-ring (bicyclic) bond motifs is 1. The fourth-order valence-electron chi connectivity index (χ4n) is 4.13. The van der Waals surface area contributed by atoms with Crippen LogP contribution in [0.25, 0.3) is 0 Å². The second kappa shape index (κ2) is 10.9. The number of nitrogens with zero attached hydrogens (tertiary/aromatic N) is 1. The van der Waals surface area contributed by atoms with Crippen LogP contribution in [0.1, 0.15) is 42.9 Å². The zero-order valence-electron chi connectivity index (χ0n) is 19.9. The van der Waals surface area contributed by atoms with E-state index in [1.807, 2.05) is 80.6 Å². The number of aliphatic imine (C=N–C) groups is 1. The van der Waals surface area contributed by atoms with E-state index in [2.05, 4.69) is 5.32 Å². The standard InChI is InChI=1S/C28H29N3O4/c1-3-34-23-16-21-22(17-24(23)35-4-2)31-28(33)26(21)27(19-8-6-5-7-9-19)30-20-13-10-18(11-14-20)12-15-25(29)32/h5-11,13-14,16-17,26H,3-4,12,15H2,1-2H3,(H2,29,32)(H,31,33). The molecule has 0 spiro atoms. The minimum absolute atomic E-state index is 0.156. The number of carbonyl (C=O) groups excluding carboxylic acids is 2. The average Bonchev–Trinajstić information content (AvgIpc) is 3.17. The van der Waals surface area contributed by atoms with Crippen molar-refractivity contribution in [3.63, 3.8) is 0 Å².